The van der Waals surface area contributed by atoms with E-state index in [4.69, 9.17) is 0 Å². The second-order valence-electron chi connectivity index (χ2n) is 6.15. The molecule has 4 nitrogen and oxygen atoms in total. The van der Waals surface area contributed by atoms with E-state index in [1.54, 1.807) is 16.2 Å². The number of anilines is 2. The molecule has 0 aliphatic carbocycles. The van der Waals surface area contributed by atoms with Crippen LogP contribution in [-0.4, -0.2) is 18.4 Å². The standard InChI is InChI=1S/C22H22N2O2S/c1-2-24(19-7-4-3-5-8-19)22(26)15-17-10-12-18(13-11-17)23-21(25)16-20-9-6-14-27-20/h3-14H,2,15-16H2,1H3,(H,23,25). The summed E-state index contributed by atoms with van der Waals surface area (Å²) in [7, 11) is 0. The van der Waals surface area contributed by atoms with Crippen LogP contribution in [0.25, 0.3) is 0 Å². The quantitative estimate of drug-likeness (QED) is 0.657. The number of amides is 2. The highest BCUT2D eigenvalue weighted by Crippen LogP contribution is 2.17. The van der Waals surface area contributed by atoms with Gasteiger partial charge in [-0.2, -0.15) is 0 Å². The maximum Gasteiger partial charge on any atom is 0.231 e. The molecule has 138 valence electrons. The van der Waals surface area contributed by atoms with Gasteiger partial charge in [0.05, 0.1) is 12.8 Å². The minimum atomic E-state index is -0.0393. The van der Waals surface area contributed by atoms with Crippen molar-refractivity contribution < 1.29 is 9.59 Å². The Bertz CT molecular complexity index is 874. The number of thiophene rings is 1. The summed E-state index contributed by atoms with van der Waals surface area (Å²) in [5, 5.41) is 4.85. The normalized spacial score (nSPS) is 10.4. The van der Waals surface area contributed by atoms with Crippen molar-refractivity contribution in [2.75, 3.05) is 16.8 Å². The van der Waals surface area contributed by atoms with Gasteiger partial charge < -0.3 is 10.2 Å². The van der Waals surface area contributed by atoms with Gasteiger partial charge in [0.15, 0.2) is 0 Å². The topological polar surface area (TPSA) is 49.4 Å². The van der Waals surface area contributed by atoms with E-state index in [0.29, 0.717) is 19.4 Å². The van der Waals surface area contributed by atoms with Gasteiger partial charge in [0.2, 0.25) is 11.8 Å². The van der Waals surface area contributed by atoms with Crippen molar-refractivity contribution in [3.05, 3.63) is 82.6 Å². The van der Waals surface area contributed by atoms with Crippen LogP contribution in [0.15, 0.2) is 72.1 Å². The summed E-state index contributed by atoms with van der Waals surface area (Å²) < 4.78 is 0. The van der Waals surface area contributed by atoms with Crippen molar-refractivity contribution in [2.45, 2.75) is 19.8 Å². The molecule has 1 N–H and O–H groups in total. The Hall–Kier alpha value is -2.92. The van der Waals surface area contributed by atoms with E-state index >= 15 is 0 Å². The van der Waals surface area contributed by atoms with Crippen LogP contribution in [0.2, 0.25) is 0 Å². The lowest BCUT2D eigenvalue weighted by Crippen LogP contribution is -2.31. The maximum absolute atomic E-state index is 12.6. The Morgan fingerprint density at radius 3 is 2.30 bits per heavy atom. The summed E-state index contributed by atoms with van der Waals surface area (Å²) in [5.74, 6) is 0.0145. The molecule has 2 amide bonds. The van der Waals surface area contributed by atoms with Crippen LogP contribution >= 0.6 is 11.3 Å². The van der Waals surface area contributed by atoms with E-state index < -0.39 is 0 Å². The number of carbonyl (C=O) groups excluding carboxylic acids is 2. The van der Waals surface area contributed by atoms with Crippen LogP contribution in [0.4, 0.5) is 11.4 Å². The molecule has 0 aliphatic heterocycles. The number of carbonyl (C=O) groups is 2. The number of nitrogens with one attached hydrogen (secondary N) is 1. The highest BCUT2D eigenvalue weighted by molar-refractivity contribution is 7.10. The fourth-order valence-corrected chi connectivity index (χ4v) is 3.57. The van der Waals surface area contributed by atoms with Gasteiger partial charge >= 0.3 is 0 Å². The largest absolute Gasteiger partial charge is 0.326 e. The van der Waals surface area contributed by atoms with E-state index in [-0.39, 0.29) is 11.8 Å². The fourth-order valence-electron chi connectivity index (χ4n) is 2.86. The lowest BCUT2D eigenvalue weighted by atomic mass is 10.1. The van der Waals surface area contributed by atoms with Gasteiger partial charge in [0.25, 0.3) is 0 Å². The third-order valence-electron chi connectivity index (χ3n) is 4.19. The first kappa shape index (κ1) is 18.9. The number of para-hydroxylation sites is 1. The molecule has 0 saturated carbocycles. The number of hydrogen-bond donors (Lipinski definition) is 1. The molecule has 0 radical (unpaired) electrons. The zero-order valence-electron chi connectivity index (χ0n) is 15.2. The molecule has 0 bridgehead atoms. The molecule has 0 spiro atoms. The second-order valence-corrected chi connectivity index (χ2v) is 7.18. The van der Waals surface area contributed by atoms with Gasteiger partial charge in [-0.15, -0.1) is 11.3 Å². The Kier molecular flexibility index (Phi) is 6.39. The van der Waals surface area contributed by atoms with E-state index in [2.05, 4.69) is 5.32 Å². The Balaban J connectivity index is 1.58. The number of hydrogen-bond acceptors (Lipinski definition) is 3. The van der Waals surface area contributed by atoms with Crippen molar-refractivity contribution in [3.8, 4) is 0 Å². The smallest absolute Gasteiger partial charge is 0.231 e. The van der Waals surface area contributed by atoms with Gasteiger partial charge in [0.1, 0.15) is 0 Å². The van der Waals surface area contributed by atoms with Crippen LogP contribution in [0.3, 0.4) is 0 Å². The van der Waals surface area contributed by atoms with Gasteiger partial charge in [-0.25, -0.2) is 0 Å². The highest BCUT2D eigenvalue weighted by Gasteiger charge is 2.14. The van der Waals surface area contributed by atoms with Crippen molar-refractivity contribution in [1.29, 1.82) is 0 Å². The number of nitrogens with zero attached hydrogens (tertiary/aromatic N) is 1. The molecular formula is C22H22N2O2S. The fraction of sp³-hybridized carbons (Fsp3) is 0.182. The molecule has 3 rings (SSSR count). The van der Waals surface area contributed by atoms with Gasteiger partial charge in [0, 0.05) is 22.8 Å². The predicted octanol–water partition coefficient (Wildman–Crippen LogP) is 4.52. The van der Waals surface area contributed by atoms with Crippen molar-refractivity contribution in [3.63, 3.8) is 0 Å². The molecule has 0 unspecified atom stereocenters. The number of benzene rings is 2. The first-order valence-corrected chi connectivity index (χ1v) is 9.80. The Labute approximate surface area is 163 Å². The van der Waals surface area contributed by atoms with Crippen LogP contribution < -0.4 is 10.2 Å². The van der Waals surface area contributed by atoms with Crippen LogP contribution in [-0.2, 0) is 22.4 Å². The SMILES string of the molecule is CCN(C(=O)Cc1ccc(NC(=O)Cc2cccs2)cc1)c1ccccc1. The lowest BCUT2D eigenvalue weighted by Gasteiger charge is -2.21. The summed E-state index contributed by atoms with van der Waals surface area (Å²) >= 11 is 1.57. The van der Waals surface area contributed by atoms with E-state index in [1.807, 2.05) is 79.0 Å². The molecule has 0 fully saturated rings. The molecule has 5 heteroatoms. The third-order valence-corrected chi connectivity index (χ3v) is 5.07. The average molecular weight is 378 g/mol. The Morgan fingerprint density at radius 1 is 0.926 bits per heavy atom. The molecule has 0 aliphatic rings. The zero-order valence-corrected chi connectivity index (χ0v) is 16.0. The monoisotopic (exact) mass is 378 g/mol. The van der Waals surface area contributed by atoms with Crippen molar-refractivity contribution in [1.82, 2.24) is 0 Å². The molecule has 2 aromatic carbocycles. The number of likely N-dealkylation sites (N-methyl/N-ethyl adjacent to an activating group) is 1. The summed E-state index contributed by atoms with van der Waals surface area (Å²) in [5.41, 5.74) is 2.57. The van der Waals surface area contributed by atoms with Crippen molar-refractivity contribution >= 4 is 34.5 Å². The molecule has 0 saturated heterocycles. The predicted molar refractivity (Wildman–Crippen MR) is 111 cm³/mol. The van der Waals surface area contributed by atoms with Crippen molar-refractivity contribution in [2.24, 2.45) is 0 Å². The summed E-state index contributed by atoms with van der Waals surface area (Å²) in [6, 6.07) is 21.0. The molecule has 3 aromatic rings. The average Bonchev–Trinajstić information content (AvgIpc) is 3.18. The highest BCUT2D eigenvalue weighted by atomic mass is 32.1. The maximum atomic E-state index is 12.6. The van der Waals surface area contributed by atoms with E-state index in [1.165, 1.54) is 0 Å². The summed E-state index contributed by atoms with van der Waals surface area (Å²) in [6.07, 6.45) is 0.701. The van der Waals surface area contributed by atoms with Gasteiger partial charge in [-0.3, -0.25) is 9.59 Å². The zero-order chi connectivity index (χ0) is 19.1. The van der Waals surface area contributed by atoms with Gasteiger partial charge in [-0.05, 0) is 48.2 Å². The molecule has 0 atom stereocenters. The Morgan fingerprint density at radius 2 is 1.67 bits per heavy atom. The lowest BCUT2D eigenvalue weighted by molar-refractivity contribution is -0.118. The third kappa shape index (κ3) is 5.28. The molecule has 1 aromatic heterocycles. The van der Waals surface area contributed by atoms with Gasteiger partial charge in [-0.1, -0.05) is 36.4 Å². The van der Waals surface area contributed by atoms with E-state index in [9.17, 15) is 9.59 Å². The van der Waals surface area contributed by atoms with Crippen LogP contribution in [0, 0.1) is 0 Å². The minimum Gasteiger partial charge on any atom is -0.326 e. The van der Waals surface area contributed by atoms with E-state index in [0.717, 1.165) is 21.8 Å². The van der Waals surface area contributed by atoms with Crippen LogP contribution in [0.1, 0.15) is 17.4 Å². The second kappa shape index (κ2) is 9.14. The molecular weight excluding hydrogens is 356 g/mol. The summed E-state index contributed by atoms with van der Waals surface area (Å²) in [4.78, 5) is 27.5. The first-order chi connectivity index (χ1) is 13.2. The summed E-state index contributed by atoms with van der Waals surface area (Å²) in [6.45, 7) is 2.59. The number of rotatable bonds is 7. The van der Waals surface area contributed by atoms with Crippen LogP contribution in [0.5, 0.6) is 0 Å². The first-order valence-electron chi connectivity index (χ1n) is 8.92. The minimum absolute atomic E-state index is 0.0393. The molecule has 27 heavy (non-hydrogen) atoms. The molecule has 1 heterocycles.